The first kappa shape index (κ1) is 11.7. The zero-order valence-electron chi connectivity index (χ0n) is 10.6. The molecule has 0 bridgehead atoms. The molecule has 0 aliphatic carbocycles. The number of fused-ring (bicyclic) bond motifs is 1. The van der Waals surface area contributed by atoms with Crippen molar-refractivity contribution >= 4 is 32.9 Å². The van der Waals surface area contributed by atoms with E-state index in [0.29, 0.717) is 6.04 Å². The number of aryl methyl sites for hydroxylation is 1. The third kappa shape index (κ3) is 1.93. The molecule has 2 N–H and O–H groups in total. The van der Waals surface area contributed by atoms with Gasteiger partial charge < -0.3 is 15.4 Å². The number of anilines is 2. The molecule has 0 amide bonds. The number of aromatic nitrogens is 1. The fraction of sp³-hybridized carbons (Fsp3) is 0.462. The summed E-state index contributed by atoms with van der Waals surface area (Å²) in [4.78, 5) is 6.75. The molecule has 5 heteroatoms. The van der Waals surface area contributed by atoms with Gasteiger partial charge in [0.25, 0.3) is 0 Å². The fourth-order valence-corrected chi connectivity index (χ4v) is 3.28. The largest absolute Gasteiger partial charge is 0.397 e. The van der Waals surface area contributed by atoms with Crippen molar-refractivity contribution in [2.45, 2.75) is 19.4 Å². The summed E-state index contributed by atoms with van der Waals surface area (Å²) in [6.45, 7) is 3.64. The van der Waals surface area contributed by atoms with Crippen molar-refractivity contribution in [3.05, 3.63) is 17.1 Å². The Hall–Kier alpha value is -1.33. The van der Waals surface area contributed by atoms with Gasteiger partial charge in [-0.25, -0.2) is 4.98 Å². The summed E-state index contributed by atoms with van der Waals surface area (Å²) < 4.78 is 6.59. The molecule has 1 unspecified atom stereocenters. The topological polar surface area (TPSA) is 51.4 Å². The number of nitrogen functional groups attached to an aromatic ring is 1. The van der Waals surface area contributed by atoms with Gasteiger partial charge in [-0.3, -0.25) is 0 Å². The molecule has 3 rings (SSSR count). The molecule has 1 atom stereocenters. The molecule has 0 saturated carbocycles. The summed E-state index contributed by atoms with van der Waals surface area (Å²) in [6.07, 6.45) is 1.06. The van der Waals surface area contributed by atoms with Crippen molar-refractivity contribution in [3.63, 3.8) is 0 Å². The maximum absolute atomic E-state index is 6.16. The van der Waals surface area contributed by atoms with E-state index in [1.54, 1.807) is 11.3 Å². The van der Waals surface area contributed by atoms with Crippen molar-refractivity contribution in [2.24, 2.45) is 0 Å². The highest BCUT2D eigenvalue weighted by molar-refractivity contribution is 7.18. The van der Waals surface area contributed by atoms with E-state index < -0.39 is 0 Å². The van der Waals surface area contributed by atoms with Crippen LogP contribution in [-0.2, 0) is 4.74 Å². The maximum atomic E-state index is 6.16. The van der Waals surface area contributed by atoms with Gasteiger partial charge in [0.2, 0.25) is 0 Å². The number of nitrogens with two attached hydrogens (primary N) is 1. The van der Waals surface area contributed by atoms with Gasteiger partial charge in [-0.2, -0.15) is 0 Å². The van der Waals surface area contributed by atoms with E-state index >= 15 is 0 Å². The van der Waals surface area contributed by atoms with Gasteiger partial charge >= 0.3 is 0 Å². The van der Waals surface area contributed by atoms with E-state index in [1.807, 2.05) is 13.0 Å². The average molecular weight is 263 g/mol. The highest BCUT2D eigenvalue weighted by Gasteiger charge is 2.22. The van der Waals surface area contributed by atoms with Gasteiger partial charge in [0, 0.05) is 13.7 Å². The van der Waals surface area contributed by atoms with Crippen molar-refractivity contribution in [1.82, 2.24) is 4.98 Å². The Kier molecular flexibility index (Phi) is 2.87. The van der Waals surface area contributed by atoms with Crippen LogP contribution in [0.25, 0.3) is 10.2 Å². The van der Waals surface area contributed by atoms with Crippen LogP contribution < -0.4 is 10.6 Å². The predicted molar refractivity (Wildman–Crippen MR) is 76.4 cm³/mol. The van der Waals surface area contributed by atoms with E-state index in [-0.39, 0.29) is 0 Å². The van der Waals surface area contributed by atoms with Crippen LogP contribution >= 0.6 is 11.3 Å². The molecular formula is C13H17N3OS. The van der Waals surface area contributed by atoms with Gasteiger partial charge in [0.1, 0.15) is 0 Å². The van der Waals surface area contributed by atoms with Crippen molar-refractivity contribution in [3.8, 4) is 0 Å². The van der Waals surface area contributed by atoms with Crippen LogP contribution in [0.3, 0.4) is 0 Å². The van der Waals surface area contributed by atoms with Crippen LogP contribution in [0, 0.1) is 6.92 Å². The minimum absolute atomic E-state index is 0.421. The number of hydrogen-bond acceptors (Lipinski definition) is 5. The molecule has 2 aromatic rings. The SMILES string of the molecule is Cc1nc2cc(N(C)C3CCOC3)c(N)cc2s1. The number of likely N-dealkylation sites (N-methyl/N-ethyl adjacent to an activating group) is 1. The van der Waals surface area contributed by atoms with Gasteiger partial charge in [0.15, 0.2) is 0 Å². The van der Waals surface area contributed by atoms with E-state index in [4.69, 9.17) is 10.5 Å². The Morgan fingerprint density at radius 1 is 1.50 bits per heavy atom. The standard InChI is InChI=1S/C13H17N3OS/c1-8-15-11-6-12(10(14)5-13(11)18-8)16(2)9-3-4-17-7-9/h5-6,9H,3-4,7,14H2,1-2H3. The number of thiazole rings is 1. The lowest BCUT2D eigenvalue weighted by Gasteiger charge is -2.26. The minimum atomic E-state index is 0.421. The second kappa shape index (κ2) is 4.40. The molecule has 0 spiro atoms. The van der Waals surface area contributed by atoms with Crippen LogP contribution in [0.2, 0.25) is 0 Å². The molecule has 1 aliphatic rings. The van der Waals surface area contributed by atoms with E-state index in [0.717, 1.165) is 46.2 Å². The van der Waals surface area contributed by atoms with E-state index in [2.05, 4.69) is 23.0 Å². The first-order chi connectivity index (χ1) is 8.65. The molecule has 1 fully saturated rings. The summed E-state index contributed by atoms with van der Waals surface area (Å²) in [5.41, 5.74) is 9.07. The fourth-order valence-electron chi connectivity index (χ4n) is 2.42. The second-order valence-electron chi connectivity index (χ2n) is 4.74. The van der Waals surface area contributed by atoms with Crippen molar-refractivity contribution in [2.75, 3.05) is 30.9 Å². The average Bonchev–Trinajstić information content (AvgIpc) is 2.94. The highest BCUT2D eigenvalue weighted by Crippen LogP contribution is 2.33. The molecule has 18 heavy (non-hydrogen) atoms. The first-order valence-corrected chi connectivity index (χ1v) is 6.94. The summed E-state index contributed by atoms with van der Waals surface area (Å²) >= 11 is 1.68. The van der Waals surface area contributed by atoms with Gasteiger partial charge in [-0.05, 0) is 25.5 Å². The quantitative estimate of drug-likeness (QED) is 0.845. The summed E-state index contributed by atoms with van der Waals surface area (Å²) in [5, 5.41) is 1.08. The summed E-state index contributed by atoms with van der Waals surface area (Å²) in [5.74, 6) is 0. The molecule has 4 nitrogen and oxygen atoms in total. The van der Waals surface area contributed by atoms with Crippen molar-refractivity contribution < 1.29 is 4.74 Å². The minimum Gasteiger partial charge on any atom is -0.397 e. The third-order valence-electron chi connectivity index (χ3n) is 3.48. The van der Waals surface area contributed by atoms with Crippen LogP contribution in [0.1, 0.15) is 11.4 Å². The zero-order valence-corrected chi connectivity index (χ0v) is 11.5. The summed E-state index contributed by atoms with van der Waals surface area (Å²) in [6, 6.07) is 4.54. The first-order valence-electron chi connectivity index (χ1n) is 6.12. The van der Waals surface area contributed by atoms with E-state index in [1.165, 1.54) is 0 Å². The van der Waals surface area contributed by atoms with Crippen LogP contribution in [0.5, 0.6) is 0 Å². The Bertz CT molecular complexity index is 575. The molecular weight excluding hydrogens is 246 g/mol. The molecule has 0 radical (unpaired) electrons. The van der Waals surface area contributed by atoms with Crippen LogP contribution in [0.4, 0.5) is 11.4 Å². The number of benzene rings is 1. The molecule has 2 heterocycles. The molecule has 1 saturated heterocycles. The normalized spacial score (nSPS) is 19.6. The maximum Gasteiger partial charge on any atom is 0.0907 e. The van der Waals surface area contributed by atoms with Crippen molar-refractivity contribution in [1.29, 1.82) is 0 Å². The van der Waals surface area contributed by atoms with Gasteiger partial charge in [-0.15, -0.1) is 11.3 Å². The monoisotopic (exact) mass is 263 g/mol. The van der Waals surface area contributed by atoms with E-state index in [9.17, 15) is 0 Å². The Labute approximate surface area is 110 Å². The number of nitrogens with zero attached hydrogens (tertiary/aromatic N) is 2. The summed E-state index contributed by atoms with van der Waals surface area (Å²) in [7, 11) is 2.08. The third-order valence-corrected chi connectivity index (χ3v) is 4.41. The van der Waals surface area contributed by atoms with Crippen LogP contribution in [-0.4, -0.2) is 31.3 Å². The zero-order chi connectivity index (χ0) is 12.7. The number of hydrogen-bond donors (Lipinski definition) is 1. The number of ether oxygens (including phenoxy) is 1. The lowest BCUT2D eigenvalue weighted by molar-refractivity contribution is 0.193. The number of rotatable bonds is 2. The van der Waals surface area contributed by atoms with Gasteiger partial charge in [-0.1, -0.05) is 0 Å². The Morgan fingerprint density at radius 2 is 2.33 bits per heavy atom. The van der Waals surface area contributed by atoms with Crippen LogP contribution in [0.15, 0.2) is 12.1 Å². The highest BCUT2D eigenvalue weighted by atomic mass is 32.1. The lowest BCUT2D eigenvalue weighted by atomic mass is 10.1. The second-order valence-corrected chi connectivity index (χ2v) is 5.97. The predicted octanol–water partition coefficient (Wildman–Crippen LogP) is 2.41. The molecule has 1 aromatic carbocycles. The Balaban J connectivity index is 2.01. The molecule has 1 aromatic heterocycles. The lowest BCUT2D eigenvalue weighted by Crippen LogP contribution is -2.32. The molecule has 96 valence electrons. The van der Waals surface area contributed by atoms with Gasteiger partial charge in [0.05, 0.1) is 39.2 Å². The Morgan fingerprint density at radius 3 is 3.06 bits per heavy atom. The smallest absolute Gasteiger partial charge is 0.0907 e. The molecule has 1 aliphatic heterocycles.